The summed E-state index contributed by atoms with van der Waals surface area (Å²) in [5, 5.41) is 6.50. The average molecular weight is 554 g/mol. The van der Waals surface area contributed by atoms with Gasteiger partial charge in [0.25, 0.3) is 0 Å². The van der Waals surface area contributed by atoms with Crippen LogP contribution in [-0.2, 0) is 16.4 Å². The lowest BCUT2D eigenvalue weighted by molar-refractivity contribution is 0.198. The van der Waals surface area contributed by atoms with Gasteiger partial charge < -0.3 is 20.1 Å². The summed E-state index contributed by atoms with van der Waals surface area (Å²) in [6, 6.07) is 5.85. The van der Waals surface area contributed by atoms with Crippen molar-refractivity contribution < 1.29 is 17.9 Å². The van der Waals surface area contributed by atoms with Crippen LogP contribution in [0.5, 0.6) is 11.5 Å². The van der Waals surface area contributed by atoms with E-state index in [1.807, 2.05) is 32.0 Å². The standard InChI is InChI=1S/C21H35N3O4S.HI/c1-5-22-21(24-16(2)13-14-29(4,25)26)23-15-17-9-8-12-19(27-3)20(17)28-18-10-6-7-11-18;/h8-9,12,16,18H,5-7,10-11,13-15H2,1-4H3,(H2,22,23,24);1H. The minimum absolute atomic E-state index is 0. The first-order chi connectivity index (χ1) is 13.8. The Morgan fingerprint density at radius 1 is 1.30 bits per heavy atom. The van der Waals surface area contributed by atoms with Crippen molar-refractivity contribution in [2.24, 2.45) is 4.99 Å². The third-order valence-corrected chi connectivity index (χ3v) is 5.90. The Balaban J connectivity index is 0.00000450. The van der Waals surface area contributed by atoms with Crippen LogP contribution in [0.4, 0.5) is 0 Å². The van der Waals surface area contributed by atoms with E-state index < -0.39 is 9.84 Å². The fourth-order valence-electron chi connectivity index (χ4n) is 3.33. The van der Waals surface area contributed by atoms with Gasteiger partial charge in [-0.15, -0.1) is 24.0 Å². The fraction of sp³-hybridized carbons (Fsp3) is 0.667. The molecule has 0 heterocycles. The Bertz CT molecular complexity index is 780. The number of hydrogen-bond acceptors (Lipinski definition) is 5. The van der Waals surface area contributed by atoms with Gasteiger partial charge in [-0.05, 0) is 52.0 Å². The van der Waals surface area contributed by atoms with Crippen molar-refractivity contribution in [3.8, 4) is 11.5 Å². The maximum absolute atomic E-state index is 11.4. The maximum atomic E-state index is 11.4. The van der Waals surface area contributed by atoms with E-state index in [2.05, 4.69) is 15.6 Å². The van der Waals surface area contributed by atoms with Crippen molar-refractivity contribution in [3.05, 3.63) is 23.8 Å². The van der Waals surface area contributed by atoms with Crippen LogP contribution < -0.4 is 20.1 Å². The maximum Gasteiger partial charge on any atom is 0.191 e. The van der Waals surface area contributed by atoms with Gasteiger partial charge >= 0.3 is 0 Å². The second kappa shape index (κ2) is 13.2. The Morgan fingerprint density at radius 3 is 2.60 bits per heavy atom. The minimum atomic E-state index is -2.98. The number of hydrogen-bond donors (Lipinski definition) is 2. The lowest BCUT2D eigenvalue weighted by atomic mass is 10.1. The van der Waals surface area contributed by atoms with E-state index >= 15 is 0 Å². The fourth-order valence-corrected chi connectivity index (χ4v) is 4.12. The molecule has 0 aromatic heterocycles. The first-order valence-corrected chi connectivity index (χ1v) is 12.4. The van der Waals surface area contributed by atoms with Crippen LogP contribution in [0.15, 0.2) is 23.2 Å². The van der Waals surface area contributed by atoms with Gasteiger partial charge in [0.2, 0.25) is 0 Å². The van der Waals surface area contributed by atoms with Gasteiger partial charge in [0.05, 0.1) is 25.5 Å². The topological polar surface area (TPSA) is 89.0 Å². The van der Waals surface area contributed by atoms with Crippen LogP contribution in [0, 0.1) is 0 Å². The van der Waals surface area contributed by atoms with Gasteiger partial charge in [-0.25, -0.2) is 13.4 Å². The van der Waals surface area contributed by atoms with Crippen LogP contribution in [0.3, 0.4) is 0 Å². The molecule has 0 aliphatic heterocycles. The molecular formula is C21H36IN3O4S. The van der Waals surface area contributed by atoms with E-state index in [-0.39, 0.29) is 41.9 Å². The lowest BCUT2D eigenvalue weighted by Crippen LogP contribution is -2.42. The summed E-state index contributed by atoms with van der Waals surface area (Å²) in [6.07, 6.45) is 6.56. The van der Waals surface area contributed by atoms with Crippen molar-refractivity contribution in [1.82, 2.24) is 10.6 Å². The molecular weight excluding hydrogens is 517 g/mol. The molecule has 1 aliphatic rings. The molecule has 1 aromatic carbocycles. The van der Waals surface area contributed by atoms with Crippen LogP contribution in [0.1, 0.15) is 51.5 Å². The molecule has 1 unspecified atom stereocenters. The SMILES string of the molecule is CCNC(=NCc1cccc(OC)c1OC1CCCC1)NC(C)CCS(C)(=O)=O.I. The van der Waals surface area contributed by atoms with E-state index in [1.165, 1.54) is 19.1 Å². The van der Waals surface area contributed by atoms with E-state index in [0.717, 1.165) is 29.9 Å². The Morgan fingerprint density at radius 2 is 2.00 bits per heavy atom. The molecule has 2 N–H and O–H groups in total. The van der Waals surface area contributed by atoms with Crippen molar-refractivity contribution in [3.63, 3.8) is 0 Å². The van der Waals surface area contributed by atoms with Crippen LogP contribution >= 0.6 is 24.0 Å². The zero-order valence-corrected chi connectivity index (χ0v) is 21.6. The minimum Gasteiger partial charge on any atom is -0.493 e. The van der Waals surface area contributed by atoms with Gasteiger partial charge in [-0.2, -0.15) is 0 Å². The van der Waals surface area contributed by atoms with Crippen molar-refractivity contribution in [2.75, 3.05) is 25.7 Å². The predicted octanol–water partition coefficient (Wildman–Crippen LogP) is 3.51. The highest BCUT2D eigenvalue weighted by Crippen LogP contribution is 2.35. The number of sulfone groups is 1. The molecule has 172 valence electrons. The first-order valence-electron chi connectivity index (χ1n) is 10.4. The van der Waals surface area contributed by atoms with Crippen LogP contribution in [0.2, 0.25) is 0 Å². The third-order valence-electron chi connectivity index (χ3n) is 4.92. The van der Waals surface area contributed by atoms with Gasteiger partial charge in [0, 0.05) is 24.4 Å². The van der Waals surface area contributed by atoms with E-state index in [9.17, 15) is 8.42 Å². The number of para-hydroxylation sites is 1. The molecule has 0 saturated heterocycles. The first kappa shape index (κ1) is 26.8. The molecule has 0 spiro atoms. The molecule has 1 aliphatic carbocycles. The number of benzene rings is 1. The second-order valence-corrected chi connectivity index (χ2v) is 9.89. The summed E-state index contributed by atoms with van der Waals surface area (Å²) in [7, 11) is -1.33. The summed E-state index contributed by atoms with van der Waals surface area (Å²) in [5.41, 5.74) is 0.970. The molecule has 1 saturated carbocycles. The summed E-state index contributed by atoms with van der Waals surface area (Å²) in [4.78, 5) is 4.69. The number of rotatable bonds is 10. The highest BCUT2D eigenvalue weighted by molar-refractivity contribution is 14.0. The van der Waals surface area contributed by atoms with E-state index in [1.54, 1.807) is 7.11 Å². The van der Waals surface area contributed by atoms with Crippen LogP contribution in [0.25, 0.3) is 0 Å². The van der Waals surface area contributed by atoms with Crippen molar-refractivity contribution in [1.29, 1.82) is 0 Å². The highest BCUT2D eigenvalue weighted by atomic mass is 127. The number of nitrogens with one attached hydrogen (secondary N) is 2. The quantitative estimate of drug-likeness (QED) is 0.262. The highest BCUT2D eigenvalue weighted by Gasteiger charge is 2.20. The Hall–Kier alpha value is -1.23. The summed E-state index contributed by atoms with van der Waals surface area (Å²) in [5.74, 6) is 2.30. The number of ether oxygens (including phenoxy) is 2. The third kappa shape index (κ3) is 9.28. The summed E-state index contributed by atoms with van der Waals surface area (Å²) >= 11 is 0. The van der Waals surface area contributed by atoms with Crippen molar-refractivity contribution in [2.45, 2.75) is 64.6 Å². The van der Waals surface area contributed by atoms with Gasteiger partial charge in [-0.3, -0.25) is 0 Å². The zero-order chi connectivity index (χ0) is 21.3. The number of methoxy groups -OCH3 is 1. The largest absolute Gasteiger partial charge is 0.493 e. The van der Waals surface area contributed by atoms with E-state index in [0.29, 0.717) is 25.5 Å². The van der Waals surface area contributed by atoms with Crippen molar-refractivity contribution >= 4 is 39.8 Å². The number of guanidine groups is 1. The van der Waals surface area contributed by atoms with Gasteiger partial charge in [-0.1, -0.05) is 12.1 Å². The number of aliphatic imine (C=N–C) groups is 1. The predicted molar refractivity (Wildman–Crippen MR) is 133 cm³/mol. The summed E-state index contributed by atoms with van der Waals surface area (Å²) < 4.78 is 34.6. The van der Waals surface area contributed by atoms with Gasteiger partial charge in [0.15, 0.2) is 17.5 Å². The molecule has 1 fully saturated rings. The molecule has 9 heteroatoms. The second-order valence-electron chi connectivity index (χ2n) is 7.63. The molecule has 1 atom stereocenters. The van der Waals surface area contributed by atoms with Gasteiger partial charge in [0.1, 0.15) is 9.84 Å². The molecule has 1 aromatic rings. The molecule has 0 amide bonds. The summed E-state index contributed by atoms with van der Waals surface area (Å²) in [6.45, 7) is 5.11. The molecule has 7 nitrogen and oxygen atoms in total. The smallest absolute Gasteiger partial charge is 0.191 e. The number of nitrogens with zero attached hydrogens (tertiary/aromatic N) is 1. The Labute approximate surface area is 198 Å². The molecule has 30 heavy (non-hydrogen) atoms. The number of halogens is 1. The molecule has 0 radical (unpaired) electrons. The van der Waals surface area contributed by atoms with E-state index in [4.69, 9.17) is 9.47 Å². The average Bonchev–Trinajstić information content (AvgIpc) is 3.18. The normalized spacial score (nSPS) is 15.9. The Kier molecular flexibility index (Phi) is 11.8. The zero-order valence-electron chi connectivity index (χ0n) is 18.4. The van der Waals surface area contributed by atoms with Crippen LogP contribution in [-0.4, -0.2) is 52.2 Å². The molecule has 2 rings (SSSR count). The molecule has 0 bridgehead atoms. The monoisotopic (exact) mass is 553 g/mol. The lowest BCUT2D eigenvalue weighted by Gasteiger charge is -2.20.